The predicted molar refractivity (Wildman–Crippen MR) is 83.8 cm³/mol. The van der Waals surface area contributed by atoms with E-state index in [0.717, 1.165) is 43.3 Å². The monoisotopic (exact) mass is 290 g/mol. The molecule has 1 unspecified atom stereocenters. The van der Waals surface area contributed by atoms with Crippen LogP contribution in [0.1, 0.15) is 51.9 Å². The van der Waals surface area contributed by atoms with E-state index in [4.69, 9.17) is 0 Å². The highest BCUT2D eigenvalue weighted by Crippen LogP contribution is 2.56. The summed E-state index contributed by atoms with van der Waals surface area (Å²) in [7, 11) is 0. The summed E-state index contributed by atoms with van der Waals surface area (Å²) in [5, 5.41) is 3.55. The van der Waals surface area contributed by atoms with Gasteiger partial charge in [0.2, 0.25) is 5.91 Å². The lowest BCUT2D eigenvalue weighted by Gasteiger charge is -2.54. The Kier molecular flexibility index (Phi) is 3.72. The van der Waals surface area contributed by atoms with Crippen LogP contribution in [0.3, 0.4) is 0 Å². The SMILES string of the molecule is CCN(CC1CCCN1)C(=O)C1C2CC3CC(C2)CC1C3. The van der Waals surface area contributed by atoms with Crippen LogP contribution >= 0.6 is 0 Å². The minimum atomic E-state index is 0.374. The molecule has 1 amide bonds. The van der Waals surface area contributed by atoms with E-state index in [1.54, 1.807) is 0 Å². The van der Waals surface area contributed by atoms with Crippen molar-refractivity contribution in [3.63, 3.8) is 0 Å². The van der Waals surface area contributed by atoms with Gasteiger partial charge in [-0.25, -0.2) is 0 Å². The van der Waals surface area contributed by atoms with Gasteiger partial charge in [-0.1, -0.05) is 0 Å². The van der Waals surface area contributed by atoms with Gasteiger partial charge in [-0.15, -0.1) is 0 Å². The summed E-state index contributed by atoms with van der Waals surface area (Å²) in [6.45, 7) is 5.12. The van der Waals surface area contributed by atoms with Crippen molar-refractivity contribution >= 4 is 5.91 Å². The molecule has 1 aliphatic heterocycles. The number of rotatable bonds is 4. The molecule has 1 heterocycles. The second-order valence-electron chi connectivity index (χ2n) is 8.13. The van der Waals surface area contributed by atoms with E-state index in [-0.39, 0.29) is 0 Å². The number of nitrogens with zero attached hydrogens (tertiary/aromatic N) is 1. The molecule has 3 nitrogen and oxygen atoms in total. The largest absolute Gasteiger partial charge is 0.341 e. The van der Waals surface area contributed by atoms with Gasteiger partial charge in [-0.05, 0) is 82.1 Å². The predicted octanol–water partition coefficient (Wildman–Crippen LogP) is 2.66. The Morgan fingerprint density at radius 2 is 1.76 bits per heavy atom. The maximum absolute atomic E-state index is 13.2. The standard InChI is InChI=1S/C18H30N2O/c1-2-20(11-16-4-3-5-19-16)18(21)17-14-7-12-6-13(9-14)10-15(17)8-12/h12-17,19H,2-11H2,1H3. The number of carbonyl (C=O) groups is 1. The van der Waals surface area contributed by atoms with E-state index in [1.165, 1.54) is 44.9 Å². The first kappa shape index (κ1) is 14.0. The average Bonchev–Trinajstić information content (AvgIpc) is 2.96. The molecule has 118 valence electrons. The van der Waals surface area contributed by atoms with Crippen LogP contribution in [-0.2, 0) is 4.79 Å². The van der Waals surface area contributed by atoms with Crippen LogP contribution < -0.4 is 5.32 Å². The number of amides is 1. The summed E-state index contributed by atoms with van der Waals surface area (Å²) in [6, 6.07) is 0.547. The van der Waals surface area contributed by atoms with Crippen molar-refractivity contribution in [3.05, 3.63) is 0 Å². The Bertz CT molecular complexity index is 374. The highest BCUT2D eigenvalue weighted by Gasteiger charge is 2.51. The first-order valence-electron chi connectivity index (χ1n) is 9.26. The van der Waals surface area contributed by atoms with E-state index >= 15 is 0 Å². The van der Waals surface area contributed by atoms with Crippen LogP contribution in [0.4, 0.5) is 0 Å². The topological polar surface area (TPSA) is 32.3 Å². The third-order valence-corrected chi connectivity index (χ3v) is 6.81. The summed E-state index contributed by atoms with van der Waals surface area (Å²) in [4.78, 5) is 15.3. The zero-order valence-electron chi connectivity index (χ0n) is 13.4. The van der Waals surface area contributed by atoms with Crippen LogP contribution in [-0.4, -0.2) is 36.5 Å². The molecule has 5 fully saturated rings. The van der Waals surface area contributed by atoms with E-state index in [9.17, 15) is 4.79 Å². The minimum Gasteiger partial charge on any atom is -0.341 e. The molecule has 21 heavy (non-hydrogen) atoms. The van der Waals surface area contributed by atoms with Gasteiger partial charge in [0.15, 0.2) is 0 Å². The van der Waals surface area contributed by atoms with Gasteiger partial charge < -0.3 is 10.2 Å². The van der Waals surface area contributed by atoms with Gasteiger partial charge >= 0.3 is 0 Å². The smallest absolute Gasteiger partial charge is 0.226 e. The number of hydrogen-bond donors (Lipinski definition) is 1. The lowest BCUT2D eigenvalue weighted by Crippen LogP contribution is -2.53. The molecule has 0 spiro atoms. The molecule has 0 aromatic rings. The lowest BCUT2D eigenvalue weighted by atomic mass is 9.51. The van der Waals surface area contributed by atoms with Crippen molar-refractivity contribution < 1.29 is 4.79 Å². The van der Waals surface area contributed by atoms with E-state index in [2.05, 4.69) is 17.1 Å². The Labute approximate surface area is 128 Å². The fourth-order valence-corrected chi connectivity index (χ4v) is 6.09. The first-order chi connectivity index (χ1) is 10.2. The molecule has 4 saturated carbocycles. The van der Waals surface area contributed by atoms with Gasteiger partial charge in [0.05, 0.1) is 0 Å². The minimum absolute atomic E-state index is 0.374. The molecule has 1 N–H and O–H groups in total. The van der Waals surface area contributed by atoms with Gasteiger partial charge in [0, 0.05) is 25.0 Å². The highest BCUT2D eigenvalue weighted by molar-refractivity contribution is 5.80. The zero-order chi connectivity index (χ0) is 14.4. The third kappa shape index (κ3) is 2.52. The molecule has 5 aliphatic rings. The highest BCUT2D eigenvalue weighted by atomic mass is 16.2. The molecule has 4 aliphatic carbocycles. The van der Waals surface area contributed by atoms with Crippen LogP contribution in [0.5, 0.6) is 0 Å². The van der Waals surface area contributed by atoms with Gasteiger partial charge in [0.25, 0.3) is 0 Å². The second-order valence-corrected chi connectivity index (χ2v) is 8.13. The Morgan fingerprint density at radius 3 is 2.29 bits per heavy atom. The quantitative estimate of drug-likeness (QED) is 0.863. The van der Waals surface area contributed by atoms with Crippen molar-refractivity contribution in [2.75, 3.05) is 19.6 Å². The molecular formula is C18H30N2O. The van der Waals surface area contributed by atoms with Crippen molar-refractivity contribution in [1.29, 1.82) is 0 Å². The van der Waals surface area contributed by atoms with Crippen LogP contribution in [0.15, 0.2) is 0 Å². The summed E-state index contributed by atoms with van der Waals surface area (Å²) >= 11 is 0. The molecular weight excluding hydrogens is 260 g/mol. The van der Waals surface area contributed by atoms with Crippen molar-refractivity contribution in [2.24, 2.45) is 29.6 Å². The van der Waals surface area contributed by atoms with Crippen LogP contribution in [0.25, 0.3) is 0 Å². The zero-order valence-corrected chi connectivity index (χ0v) is 13.4. The van der Waals surface area contributed by atoms with E-state index in [0.29, 0.717) is 17.9 Å². The molecule has 1 atom stereocenters. The molecule has 5 rings (SSSR count). The van der Waals surface area contributed by atoms with E-state index < -0.39 is 0 Å². The number of carbonyl (C=O) groups excluding carboxylic acids is 1. The molecule has 0 radical (unpaired) electrons. The summed E-state index contributed by atoms with van der Waals surface area (Å²) in [5.74, 6) is 4.24. The number of hydrogen-bond acceptors (Lipinski definition) is 2. The average molecular weight is 290 g/mol. The number of nitrogens with one attached hydrogen (secondary N) is 1. The van der Waals surface area contributed by atoms with Crippen molar-refractivity contribution in [1.82, 2.24) is 10.2 Å². The van der Waals surface area contributed by atoms with E-state index in [1.807, 2.05) is 0 Å². The second kappa shape index (κ2) is 5.57. The van der Waals surface area contributed by atoms with Crippen molar-refractivity contribution in [2.45, 2.75) is 57.9 Å². The third-order valence-electron chi connectivity index (χ3n) is 6.81. The van der Waals surface area contributed by atoms with Crippen LogP contribution in [0, 0.1) is 29.6 Å². The summed E-state index contributed by atoms with van der Waals surface area (Å²) in [5.41, 5.74) is 0. The fraction of sp³-hybridized carbons (Fsp3) is 0.944. The summed E-state index contributed by atoms with van der Waals surface area (Å²) in [6.07, 6.45) is 9.38. The Balaban J connectivity index is 1.45. The van der Waals surface area contributed by atoms with Crippen molar-refractivity contribution in [3.8, 4) is 0 Å². The maximum Gasteiger partial charge on any atom is 0.226 e. The maximum atomic E-state index is 13.2. The summed E-state index contributed by atoms with van der Waals surface area (Å²) < 4.78 is 0. The van der Waals surface area contributed by atoms with Crippen LogP contribution in [0.2, 0.25) is 0 Å². The van der Waals surface area contributed by atoms with Gasteiger partial charge in [0.1, 0.15) is 0 Å². The Morgan fingerprint density at radius 1 is 1.10 bits per heavy atom. The molecule has 0 aromatic carbocycles. The first-order valence-corrected chi connectivity index (χ1v) is 9.26. The molecule has 0 aromatic heterocycles. The van der Waals surface area contributed by atoms with Gasteiger partial charge in [-0.2, -0.15) is 0 Å². The normalized spacial score (nSPS) is 44.2. The van der Waals surface area contributed by atoms with Gasteiger partial charge in [-0.3, -0.25) is 4.79 Å². The Hall–Kier alpha value is -0.570. The molecule has 4 bridgehead atoms. The molecule has 1 saturated heterocycles. The fourth-order valence-electron chi connectivity index (χ4n) is 6.09. The number of likely N-dealkylation sites (N-methyl/N-ethyl adjacent to an activating group) is 1. The lowest BCUT2D eigenvalue weighted by molar-refractivity contribution is -0.149. The molecule has 3 heteroatoms.